The van der Waals surface area contributed by atoms with Crippen molar-refractivity contribution < 1.29 is 31.9 Å². The Morgan fingerprint density at radius 2 is 1.92 bits per heavy atom. The van der Waals surface area contributed by atoms with E-state index in [9.17, 15) is 27.2 Å². The number of rotatable bonds is 7. The summed E-state index contributed by atoms with van der Waals surface area (Å²) < 4.78 is 58.5. The first kappa shape index (κ1) is 26.0. The van der Waals surface area contributed by atoms with Crippen LogP contribution in [0.3, 0.4) is 0 Å². The summed E-state index contributed by atoms with van der Waals surface area (Å²) in [6.45, 7) is 0.232. The molecule has 39 heavy (non-hydrogen) atoms. The minimum atomic E-state index is -4.75. The predicted molar refractivity (Wildman–Crippen MR) is 130 cm³/mol. The number of benzene rings is 1. The highest BCUT2D eigenvalue weighted by Gasteiger charge is 2.44. The molecule has 1 atom stereocenters. The maximum absolute atomic E-state index is 13.3. The number of nitrogens with one attached hydrogen (secondary N) is 4. The summed E-state index contributed by atoms with van der Waals surface area (Å²) in [6.07, 6.45) is -0.388. The van der Waals surface area contributed by atoms with E-state index in [0.29, 0.717) is 22.9 Å². The maximum Gasteiger partial charge on any atom is 0.418 e. The lowest BCUT2D eigenvalue weighted by Crippen LogP contribution is -2.59. The van der Waals surface area contributed by atoms with Crippen LogP contribution in [-0.2, 0) is 22.3 Å². The van der Waals surface area contributed by atoms with Crippen LogP contribution in [0, 0.1) is 5.82 Å². The summed E-state index contributed by atoms with van der Waals surface area (Å²) in [7, 11) is 0. The van der Waals surface area contributed by atoms with Crippen molar-refractivity contribution in [3.05, 3.63) is 77.8 Å². The number of nitrogens with zero attached hydrogens (tertiary/aromatic N) is 3. The number of anilines is 2. The lowest BCUT2D eigenvalue weighted by molar-refractivity contribution is -0.137. The van der Waals surface area contributed by atoms with Gasteiger partial charge in [0.05, 0.1) is 59.4 Å². The van der Waals surface area contributed by atoms with Crippen LogP contribution in [0.25, 0.3) is 11.2 Å². The molecule has 2 amide bonds. The van der Waals surface area contributed by atoms with Gasteiger partial charge >= 0.3 is 6.18 Å². The van der Waals surface area contributed by atoms with E-state index in [1.54, 1.807) is 6.07 Å². The SMILES string of the molecule is O=C(NC1(C(=O)NCc2ccc(Nc3ccc(F)cc3C(F)(F)F)cn2)CCOC1)c1cnc2nc[nH]c2c1. The number of fused-ring (bicyclic) bond motifs is 1. The van der Waals surface area contributed by atoms with E-state index < -0.39 is 34.9 Å². The number of ether oxygens (including phenoxy) is 1. The molecular formula is C25H21F4N7O3. The van der Waals surface area contributed by atoms with Crippen molar-refractivity contribution in [2.24, 2.45) is 0 Å². The zero-order valence-electron chi connectivity index (χ0n) is 20.1. The lowest BCUT2D eigenvalue weighted by atomic mass is 9.96. The molecule has 202 valence electrons. The van der Waals surface area contributed by atoms with E-state index in [1.165, 1.54) is 30.9 Å². The number of aromatic nitrogens is 4. The molecule has 4 heterocycles. The van der Waals surface area contributed by atoms with Crippen molar-refractivity contribution in [2.75, 3.05) is 18.5 Å². The second kappa shape index (κ2) is 10.3. The predicted octanol–water partition coefficient (Wildman–Crippen LogP) is 3.46. The number of hydrogen-bond donors (Lipinski definition) is 4. The average molecular weight is 543 g/mol. The monoisotopic (exact) mass is 543 g/mol. The Bertz CT molecular complexity index is 1520. The first-order valence-corrected chi connectivity index (χ1v) is 11.7. The molecule has 0 bridgehead atoms. The van der Waals surface area contributed by atoms with E-state index in [4.69, 9.17) is 4.74 Å². The van der Waals surface area contributed by atoms with E-state index in [2.05, 4.69) is 35.9 Å². The van der Waals surface area contributed by atoms with Crippen LogP contribution in [0.15, 0.2) is 55.1 Å². The van der Waals surface area contributed by atoms with Crippen molar-refractivity contribution in [1.29, 1.82) is 0 Å². The fraction of sp³-hybridized carbons (Fsp3) is 0.240. The first-order valence-electron chi connectivity index (χ1n) is 11.7. The molecule has 1 saturated heterocycles. The largest absolute Gasteiger partial charge is 0.418 e. The molecule has 4 N–H and O–H groups in total. The number of hydrogen-bond acceptors (Lipinski definition) is 7. The number of carbonyl (C=O) groups excluding carboxylic acids is 2. The minimum absolute atomic E-state index is 0.0112. The molecule has 10 nitrogen and oxygen atoms in total. The first-order chi connectivity index (χ1) is 18.6. The highest BCUT2D eigenvalue weighted by molar-refractivity contribution is 6.00. The summed E-state index contributed by atoms with van der Waals surface area (Å²) in [5, 5.41) is 8.07. The molecular weight excluding hydrogens is 522 g/mol. The topological polar surface area (TPSA) is 134 Å². The molecule has 1 aliphatic rings. The standard InChI is InChI=1S/C25H21F4N7O3/c26-15-1-4-19(18(8-15)25(27,28)29)35-17-3-2-16(30-11-17)10-32-23(38)24(5-6-39-12-24)36-22(37)14-7-20-21(31-9-14)34-13-33-20/h1-4,7-9,11,13,35H,5-6,10,12H2,(H,32,38)(H,36,37)(H,31,33,34). The quantitative estimate of drug-likeness (QED) is 0.262. The number of carbonyl (C=O) groups is 2. The van der Waals surface area contributed by atoms with Gasteiger partial charge in [-0.1, -0.05) is 0 Å². The zero-order valence-corrected chi connectivity index (χ0v) is 20.1. The zero-order chi connectivity index (χ0) is 27.6. The Morgan fingerprint density at radius 3 is 2.64 bits per heavy atom. The van der Waals surface area contributed by atoms with Gasteiger partial charge in [0.2, 0.25) is 5.91 Å². The van der Waals surface area contributed by atoms with E-state index >= 15 is 0 Å². The van der Waals surface area contributed by atoms with Gasteiger partial charge in [-0.3, -0.25) is 14.6 Å². The van der Waals surface area contributed by atoms with E-state index in [1.807, 2.05) is 0 Å². The van der Waals surface area contributed by atoms with Gasteiger partial charge in [0.25, 0.3) is 5.91 Å². The van der Waals surface area contributed by atoms with Crippen LogP contribution in [0.4, 0.5) is 28.9 Å². The molecule has 1 unspecified atom stereocenters. The molecule has 1 fully saturated rings. The summed E-state index contributed by atoms with van der Waals surface area (Å²) in [4.78, 5) is 41.2. The minimum Gasteiger partial charge on any atom is -0.378 e. The smallest absolute Gasteiger partial charge is 0.378 e. The normalized spacial score (nSPS) is 17.2. The van der Waals surface area contributed by atoms with Crippen LogP contribution >= 0.6 is 0 Å². The molecule has 14 heteroatoms. The van der Waals surface area contributed by atoms with Gasteiger partial charge in [-0.25, -0.2) is 14.4 Å². The third-order valence-corrected chi connectivity index (χ3v) is 6.17. The fourth-order valence-electron chi connectivity index (χ4n) is 4.10. The molecule has 0 aliphatic carbocycles. The van der Waals surface area contributed by atoms with E-state index in [0.717, 1.165) is 12.1 Å². The second-order valence-corrected chi connectivity index (χ2v) is 8.87. The van der Waals surface area contributed by atoms with E-state index in [-0.39, 0.29) is 43.1 Å². The number of pyridine rings is 2. The molecule has 0 spiro atoms. The van der Waals surface area contributed by atoms with Crippen LogP contribution in [0.5, 0.6) is 0 Å². The summed E-state index contributed by atoms with van der Waals surface area (Å²) >= 11 is 0. The lowest BCUT2D eigenvalue weighted by Gasteiger charge is -2.27. The van der Waals surface area contributed by atoms with Gasteiger partial charge < -0.3 is 25.7 Å². The number of aromatic amines is 1. The maximum atomic E-state index is 13.3. The van der Waals surface area contributed by atoms with Gasteiger partial charge in [0.15, 0.2) is 5.65 Å². The van der Waals surface area contributed by atoms with Gasteiger partial charge in [-0.2, -0.15) is 13.2 Å². The van der Waals surface area contributed by atoms with Gasteiger partial charge in [-0.05, 0) is 36.4 Å². The average Bonchev–Trinajstić information content (AvgIpc) is 3.58. The molecule has 1 aliphatic heterocycles. The molecule has 5 rings (SSSR count). The van der Waals surface area contributed by atoms with Crippen molar-refractivity contribution in [3.8, 4) is 0 Å². The van der Waals surface area contributed by atoms with Crippen molar-refractivity contribution >= 4 is 34.4 Å². The Morgan fingerprint density at radius 1 is 1.08 bits per heavy atom. The highest BCUT2D eigenvalue weighted by atomic mass is 19.4. The van der Waals surface area contributed by atoms with Crippen LogP contribution in [-0.4, -0.2) is 50.5 Å². The molecule has 3 aromatic heterocycles. The summed E-state index contributed by atoms with van der Waals surface area (Å²) in [6, 6.07) is 6.89. The third kappa shape index (κ3) is 5.65. The number of imidazole rings is 1. The third-order valence-electron chi connectivity index (χ3n) is 6.17. The number of halogens is 4. The van der Waals surface area contributed by atoms with Gasteiger partial charge in [0.1, 0.15) is 11.4 Å². The molecule has 4 aromatic rings. The molecule has 0 radical (unpaired) electrons. The summed E-state index contributed by atoms with van der Waals surface area (Å²) in [5.41, 5.74) is -0.866. The molecule has 0 saturated carbocycles. The number of alkyl halides is 3. The van der Waals surface area contributed by atoms with Crippen molar-refractivity contribution in [3.63, 3.8) is 0 Å². The van der Waals surface area contributed by atoms with Crippen molar-refractivity contribution in [1.82, 2.24) is 30.6 Å². The van der Waals surface area contributed by atoms with Crippen LogP contribution < -0.4 is 16.0 Å². The van der Waals surface area contributed by atoms with Gasteiger partial charge in [0, 0.05) is 19.2 Å². The summed E-state index contributed by atoms with van der Waals surface area (Å²) in [5.74, 6) is -1.99. The van der Waals surface area contributed by atoms with Crippen LogP contribution in [0.1, 0.15) is 28.0 Å². The second-order valence-electron chi connectivity index (χ2n) is 8.87. The number of H-pyrrole nitrogens is 1. The van der Waals surface area contributed by atoms with Crippen LogP contribution in [0.2, 0.25) is 0 Å². The Balaban J connectivity index is 1.23. The number of amides is 2. The Labute approximate surface area is 218 Å². The van der Waals surface area contributed by atoms with Crippen molar-refractivity contribution in [2.45, 2.75) is 24.7 Å². The fourth-order valence-corrected chi connectivity index (χ4v) is 4.10. The highest BCUT2D eigenvalue weighted by Crippen LogP contribution is 2.36. The Kier molecular flexibility index (Phi) is 6.87. The molecule has 1 aromatic carbocycles. The Hall–Kier alpha value is -4.59. The van der Waals surface area contributed by atoms with Gasteiger partial charge in [-0.15, -0.1) is 0 Å².